The lowest BCUT2D eigenvalue weighted by atomic mass is 9.87. The zero-order valence-electron chi connectivity index (χ0n) is 12.4. The summed E-state index contributed by atoms with van der Waals surface area (Å²) in [7, 11) is 0. The second kappa shape index (κ2) is 6.08. The monoisotopic (exact) mass is 288 g/mol. The van der Waals surface area contributed by atoms with Crippen molar-refractivity contribution in [3.63, 3.8) is 0 Å². The van der Waals surface area contributed by atoms with Gasteiger partial charge in [-0.2, -0.15) is 0 Å². The average molecular weight is 288 g/mol. The van der Waals surface area contributed by atoms with Gasteiger partial charge in [-0.25, -0.2) is 4.98 Å². The molecule has 0 spiro atoms. The molecular formula is C16H20N2O3. The van der Waals surface area contributed by atoms with Crippen LogP contribution in [-0.4, -0.2) is 20.6 Å². The fourth-order valence-electron chi connectivity index (χ4n) is 2.29. The Morgan fingerprint density at radius 1 is 1.29 bits per heavy atom. The SMILES string of the molecule is CC(C)(CCCCn1c(=O)cnc2ccccc21)C(=O)O. The molecule has 112 valence electrons. The van der Waals surface area contributed by atoms with Crippen LogP contribution in [0.3, 0.4) is 0 Å². The van der Waals surface area contributed by atoms with Gasteiger partial charge in [0, 0.05) is 6.54 Å². The highest BCUT2D eigenvalue weighted by Crippen LogP contribution is 2.23. The van der Waals surface area contributed by atoms with Gasteiger partial charge < -0.3 is 9.67 Å². The highest BCUT2D eigenvalue weighted by Gasteiger charge is 2.25. The van der Waals surface area contributed by atoms with Crippen LogP contribution >= 0.6 is 0 Å². The maximum absolute atomic E-state index is 11.9. The van der Waals surface area contributed by atoms with E-state index in [4.69, 9.17) is 5.11 Å². The molecule has 0 aliphatic rings. The maximum Gasteiger partial charge on any atom is 0.309 e. The van der Waals surface area contributed by atoms with E-state index in [9.17, 15) is 9.59 Å². The molecule has 0 amide bonds. The molecule has 0 aliphatic carbocycles. The van der Waals surface area contributed by atoms with E-state index >= 15 is 0 Å². The first-order chi connectivity index (χ1) is 9.92. The fraction of sp³-hybridized carbons (Fsp3) is 0.438. The Hall–Kier alpha value is -2.17. The molecule has 1 heterocycles. The molecule has 0 saturated heterocycles. The van der Waals surface area contributed by atoms with Crippen molar-refractivity contribution in [1.82, 2.24) is 9.55 Å². The van der Waals surface area contributed by atoms with Gasteiger partial charge >= 0.3 is 5.97 Å². The number of rotatable bonds is 6. The molecular weight excluding hydrogens is 268 g/mol. The van der Waals surface area contributed by atoms with E-state index in [0.29, 0.717) is 13.0 Å². The molecule has 0 saturated carbocycles. The summed E-state index contributed by atoms with van der Waals surface area (Å²) in [4.78, 5) is 27.1. The number of aromatic nitrogens is 2. The van der Waals surface area contributed by atoms with Gasteiger partial charge in [-0.05, 0) is 38.8 Å². The first kappa shape index (κ1) is 15.2. The quantitative estimate of drug-likeness (QED) is 0.829. The lowest BCUT2D eigenvalue weighted by molar-refractivity contribution is -0.147. The smallest absolute Gasteiger partial charge is 0.309 e. The molecule has 0 bridgehead atoms. The second-order valence-electron chi connectivity index (χ2n) is 5.88. The summed E-state index contributed by atoms with van der Waals surface area (Å²) < 4.78 is 1.70. The Balaban J connectivity index is 2.06. The summed E-state index contributed by atoms with van der Waals surface area (Å²) in [6.07, 6.45) is 3.47. The summed E-state index contributed by atoms with van der Waals surface area (Å²) in [5.41, 5.74) is 0.780. The molecule has 0 unspecified atom stereocenters. The minimum Gasteiger partial charge on any atom is -0.481 e. The topological polar surface area (TPSA) is 72.2 Å². The van der Waals surface area contributed by atoms with Crippen LogP contribution < -0.4 is 5.56 Å². The van der Waals surface area contributed by atoms with Crippen LogP contribution in [0.25, 0.3) is 11.0 Å². The second-order valence-corrected chi connectivity index (χ2v) is 5.88. The Bertz CT molecular complexity index is 704. The lowest BCUT2D eigenvalue weighted by Gasteiger charge is -2.18. The summed E-state index contributed by atoms with van der Waals surface area (Å²) in [5, 5.41) is 9.08. The average Bonchev–Trinajstić information content (AvgIpc) is 2.45. The molecule has 5 heteroatoms. The Morgan fingerprint density at radius 2 is 2.00 bits per heavy atom. The van der Waals surface area contributed by atoms with Gasteiger partial charge in [0.05, 0.1) is 22.6 Å². The van der Waals surface area contributed by atoms with Crippen molar-refractivity contribution in [1.29, 1.82) is 0 Å². The van der Waals surface area contributed by atoms with Gasteiger partial charge in [0.15, 0.2) is 0 Å². The van der Waals surface area contributed by atoms with Crippen molar-refractivity contribution in [2.24, 2.45) is 5.41 Å². The number of unbranched alkanes of at least 4 members (excludes halogenated alkanes) is 1. The first-order valence-corrected chi connectivity index (χ1v) is 7.10. The van der Waals surface area contributed by atoms with E-state index < -0.39 is 11.4 Å². The van der Waals surface area contributed by atoms with Crippen molar-refractivity contribution >= 4 is 17.0 Å². The predicted molar refractivity (Wildman–Crippen MR) is 81.3 cm³/mol. The standard InChI is InChI=1S/C16H20N2O3/c1-16(2,15(20)21)9-5-6-10-18-13-8-4-3-7-12(13)17-11-14(18)19/h3-4,7-8,11H,5-6,9-10H2,1-2H3,(H,20,21). The largest absolute Gasteiger partial charge is 0.481 e. The van der Waals surface area contributed by atoms with Crippen molar-refractivity contribution in [3.8, 4) is 0 Å². The number of carboxylic acid groups (broad SMARTS) is 1. The van der Waals surface area contributed by atoms with Crippen LogP contribution in [0.15, 0.2) is 35.3 Å². The summed E-state index contributed by atoms with van der Waals surface area (Å²) in [6.45, 7) is 4.03. The first-order valence-electron chi connectivity index (χ1n) is 7.10. The molecule has 0 radical (unpaired) electrons. The van der Waals surface area contributed by atoms with Gasteiger partial charge in [0.2, 0.25) is 0 Å². The van der Waals surface area contributed by atoms with Crippen LogP contribution in [0.1, 0.15) is 33.1 Å². The predicted octanol–water partition coefficient (Wildman–Crippen LogP) is 2.68. The van der Waals surface area contributed by atoms with Gasteiger partial charge in [0.25, 0.3) is 5.56 Å². The fourth-order valence-corrected chi connectivity index (χ4v) is 2.29. The molecule has 2 rings (SSSR count). The van der Waals surface area contributed by atoms with E-state index in [1.165, 1.54) is 6.20 Å². The Kier molecular flexibility index (Phi) is 4.40. The van der Waals surface area contributed by atoms with Crippen molar-refractivity contribution < 1.29 is 9.90 Å². The van der Waals surface area contributed by atoms with E-state index in [1.807, 2.05) is 24.3 Å². The minimum atomic E-state index is -0.783. The van der Waals surface area contributed by atoms with Gasteiger partial charge in [-0.3, -0.25) is 9.59 Å². The third kappa shape index (κ3) is 3.48. The molecule has 1 aromatic heterocycles. The highest BCUT2D eigenvalue weighted by molar-refractivity contribution is 5.74. The molecule has 2 aromatic rings. The number of hydrogen-bond donors (Lipinski definition) is 1. The number of fused-ring (bicyclic) bond motifs is 1. The Labute approximate surface area is 123 Å². The van der Waals surface area contributed by atoms with Crippen molar-refractivity contribution in [3.05, 3.63) is 40.8 Å². The summed E-state index contributed by atoms with van der Waals surface area (Å²) in [5.74, 6) is -0.783. The summed E-state index contributed by atoms with van der Waals surface area (Å²) in [6, 6.07) is 7.52. The number of aliphatic carboxylic acids is 1. The van der Waals surface area contributed by atoms with E-state index in [-0.39, 0.29) is 5.56 Å². The zero-order valence-corrected chi connectivity index (χ0v) is 12.4. The zero-order chi connectivity index (χ0) is 15.5. The lowest BCUT2D eigenvalue weighted by Crippen LogP contribution is -2.24. The van der Waals surface area contributed by atoms with Crippen LogP contribution in [0.4, 0.5) is 0 Å². The van der Waals surface area contributed by atoms with Crippen molar-refractivity contribution in [2.75, 3.05) is 0 Å². The number of hydrogen-bond acceptors (Lipinski definition) is 3. The Morgan fingerprint density at radius 3 is 2.71 bits per heavy atom. The van der Waals surface area contributed by atoms with Crippen LogP contribution in [0, 0.1) is 5.41 Å². The van der Waals surface area contributed by atoms with E-state index in [1.54, 1.807) is 18.4 Å². The van der Waals surface area contributed by atoms with Crippen molar-refractivity contribution in [2.45, 2.75) is 39.7 Å². The maximum atomic E-state index is 11.9. The van der Waals surface area contributed by atoms with Gasteiger partial charge in [-0.1, -0.05) is 18.6 Å². The highest BCUT2D eigenvalue weighted by atomic mass is 16.4. The molecule has 0 atom stereocenters. The third-order valence-electron chi connectivity index (χ3n) is 3.77. The third-order valence-corrected chi connectivity index (χ3v) is 3.77. The normalized spacial score (nSPS) is 11.7. The summed E-state index contributed by atoms with van der Waals surface area (Å²) >= 11 is 0. The number of para-hydroxylation sites is 2. The minimum absolute atomic E-state index is 0.119. The van der Waals surface area contributed by atoms with Crippen LogP contribution in [0.2, 0.25) is 0 Å². The van der Waals surface area contributed by atoms with Crippen LogP contribution in [0.5, 0.6) is 0 Å². The number of benzene rings is 1. The number of carbonyl (C=O) groups is 1. The van der Waals surface area contributed by atoms with E-state index in [2.05, 4.69) is 4.98 Å². The molecule has 21 heavy (non-hydrogen) atoms. The molecule has 0 aliphatic heterocycles. The van der Waals surface area contributed by atoms with Crippen LogP contribution in [-0.2, 0) is 11.3 Å². The van der Waals surface area contributed by atoms with Gasteiger partial charge in [-0.15, -0.1) is 0 Å². The van der Waals surface area contributed by atoms with E-state index in [0.717, 1.165) is 23.9 Å². The molecule has 0 fully saturated rings. The molecule has 1 aromatic carbocycles. The number of carboxylic acids is 1. The molecule has 5 nitrogen and oxygen atoms in total. The number of nitrogens with zero attached hydrogens (tertiary/aromatic N) is 2. The number of aryl methyl sites for hydroxylation is 1. The van der Waals surface area contributed by atoms with Gasteiger partial charge in [0.1, 0.15) is 0 Å². The molecule has 1 N–H and O–H groups in total.